The largest absolute Gasteiger partial charge is 0.330 e. The van der Waals surface area contributed by atoms with Crippen molar-refractivity contribution in [2.45, 2.75) is 9.79 Å². The highest BCUT2D eigenvalue weighted by molar-refractivity contribution is 7.85. The summed E-state index contributed by atoms with van der Waals surface area (Å²) in [4.78, 5) is 24.1. The third-order valence-electron chi connectivity index (χ3n) is 2.57. The van der Waals surface area contributed by atoms with Gasteiger partial charge in [-0.15, -0.1) is 0 Å². The predicted molar refractivity (Wildman–Crippen MR) is 68.0 cm³/mol. The van der Waals surface area contributed by atoms with E-state index < -0.39 is 22.0 Å². The van der Waals surface area contributed by atoms with Crippen molar-refractivity contribution in [3.63, 3.8) is 0 Å². The Labute approximate surface area is 106 Å². The molecule has 0 fully saturated rings. The van der Waals surface area contributed by atoms with Gasteiger partial charge in [-0.2, -0.15) is 0 Å². The molecule has 0 N–H and O–H groups in total. The van der Waals surface area contributed by atoms with E-state index in [1.807, 2.05) is 0 Å². The fourth-order valence-corrected chi connectivity index (χ4v) is 2.78. The van der Waals surface area contributed by atoms with Crippen LogP contribution in [0.2, 0.25) is 0 Å². The Bertz CT molecular complexity index is 716. The van der Waals surface area contributed by atoms with Crippen LogP contribution in [0.1, 0.15) is 0 Å². The molecule has 1 aromatic carbocycles. The van der Waals surface area contributed by atoms with Gasteiger partial charge in [0.15, 0.2) is 0 Å². The van der Waals surface area contributed by atoms with E-state index >= 15 is 0 Å². The van der Waals surface area contributed by atoms with E-state index in [4.69, 9.17) is 0 Å². The zero-order valence-corrected chi connectivity index (χ0v) is 10.8. The van der Waals surface area contributed by atoms with Crippen LogP contribution in [0, 0.1) is 0 Å². The van der Waals surface area contributed by atoms with Crippen molar-refractivity contribution >= 4 is 10.8 Å². The normalized spacial score (nSPS) is 12.3. The van der Waals surface area contributed by atoms with E-state index in [9.17, 15) is 13.8 Å². The smallest absolute Gasteiger partial charge is 0.302 e. The monoisotopic (exact) mass is 264 g/mol. The fraction of sp³-hybridized carbons (Fsp3) is 0.167. The number of aromatic nitrogens is 2. The summed E-state index contributed by atoms with van der Waals surface area (Å²) in [6.07, 6.45) is 1.33. The number of rotatable bonds is 2. The van der Waals surface area contributed by atoms with Crippen LogP contribution in [0.5, 0.6) is 0 Å². The summed E-state index contributed by atoms with van der Waals surface area (Å²) in [6.45, 7) is 0. The first kappa shape index (κ1) is 12.5. The van der Waals surface area contributed by atoms with E-state index in [2.05, 4.69) is 0 Å². The Morgan fingerprint density at radius 1 is 1.06 bits per heavy atom. The lowest BCUT2D eigenvalue weighted by molar-refractivity contribution is 0.646. The molecule has 1 aromatic heterocycles. The lowest BCUT2D eigenvalue weighted by Gasteiger charge is -2.06. The average molecular weight is 264 g/mol. The molecule has 0 spiro atoms. The van der Waals surface area contributed by atoms with E-state index in [0.29, 0.717) is 4.90 Å². The van der Waals surface area contributed by atoms with Crippen LogP contribution >= 0.6 is 0 Å². The van der Waals surface area contributed by atoms with Gasteiger partial charge in [-0.05, 0) is 12.1 Å². The third kappa shape index (κ3) is 2.06. The van der Waals surface area contributed by atoms with Crippen molar-refractivity contribution < 1.29 is 4.21 Å². The quantitative estimate of drug-likeness (QED) is 0.781. The minimum absolute atomic E-state index is 0.103. The van der Waals surface area contributed by atoms with Crippen LogP contribution in [-0.4, -0.2) is 13.3 Å². The van der Waals surface area contributed by atoms with Gasteiger partial charge in [0.1, 0.15) is 4.90 Å². The molecule has 18 heavy (non-hydrogen) atoms. The Balaban J connectivity index is 2.64. The van der Waals surface area contributed by atoms with Crippen LogP contribution in [0.25, 0.3) is 0 Å². The maximum absolute atomic E-state index is 12.3. The number of hydrogen-bond acceptors (Lipinski definition) is 3. The van der Waals surface area contributed by atoms with Crippen LogP contribution in [-0.2, 0) is 24.9 Å². The minimum atomic E-state index is -1.58. The Hall–Kier alpha value is -1.95. The Morgan fingerprint density at radius 2 is 1.67 bits per heavy atom. The SMILES string of the molecule is Cn1cc(S(=O)c2ccccc2)c(=O)n(C)c1=O. The number of nitrogens with zero attached hydrogens (tertiary/aromatic N) is 2. The summed E-state index contributed by atoms with van der Waals surface area (Å²) in [5.74, 6) is 0. The molecule has 2 aromatic rings. The molecule has 0 aliphatic carbocycles. The lowest BCUT2D eigenvalue weighted by atomic mass is 10.4. The van der Waals surface area contributed by atoms with Gasteiger partial charge in [-0.25, -0.2) is 9.00 Å². The number of benzene rings is 1. The molecule has 0 amide bonds. The van der Waals surface area contributed by atoms with Crippen LogP contribution in [0.4, 0.5) is 0 Å². The first-order valence-corrected chi connectivity index (χ1v) is 6.41. The third-order valence-corrected chi connectivity index (χ3v) is 3.95. The minimum Gasteiger partial charge on any atom is -0.302 e. The summed E-state index contributed by atoms with van der Waals surface area (Å²) < 4.78 is 14.5. The molecule has 0 aliphatic heterocycles. The molecule has 0 radical (unpaired) electrons. The average Bonchev–Trinajstić information content (AvgIpc) is 2.41. The summed E-state index contributed by atoms with van der Waals surface area (Å²) in [5, 5.41) is 0. The van der Waals surface area contributed by atoms with Gasteiger partial charge in [-0.1, -0.05) is 18.2 Å². The number of aryl methyl sites for hydroxylation is 1. The summed E-state index contributed by atoms with van der Waals surface area (Å²) in [7, 11) is 1.31. The van der Waals surface area contributed by atoms with Crippen LogP contribution in [0.15, 0.2) is 55.9 Å². The maximum Gasteiger partial charge on any atom is 0.330 e. The van der Waals surface area contributed by atoms with Crippen molar-refractivity contribution in [3.05, 3.63) is 57.4 Å². The molecule has 0 saturated carbocycles. The molecule has 1 unspecified atom stereocenters. The predicted octanol–water partition coefficient (Wildman–Crippen LogP) is 0.251. The van der Waals surface area contributed by atoms with E-state index in [-0.39, 0.29) is 4.90 Å². The molecule has 0 saturated heterocycles. The molecule has 5 nitrogen and oxygen atoms in total. The lowest BCUT2D eigenvalue weighted by Crippen LogP contribution is -2.38. The number of hydrogen-bond donors (Lipinski definition) is 0. The van der Waals surface area contributed by atoms with Gasteiger partial charge in [0.25, 0.3) is 5.56 Å². The molecule has 1 heterocycles. The molecule has 94 valence electrons. The highest BCUT2D eigenvalue weighted by atomic mass is 32.2. The van der Waals surface area contributed by atoms with Crippen LogP contribution in [0.3, 0.4) is 0 Å². The van der Waals surface area contributed by atoms with E-state index in [1.54, 1.807) is 30.3 Å². The Morgan fingerprint density at radius 3 is 2.28 bits per heavy atom. The van der Waals surface area contributed by atoms with Crippen molar-refractivity contribution in [1.29, 1.82) is 0 Å². The Kier molecular flexibility index (Phi) is 3.29. The standard InChI is InChI=1S/C12H12N2O3S/c1-13-8-10(11(15)14(2)12(13)16)18(17)9-6-4-3-5-7-9/h3-8H,1-2H3. The summed E-state index contributed by atoms with van der Waals surface area (Å²) >= 11 is 0. The summed E-state index contributed by atoms with van der Waals surface area (Å²) in [5.41, 5.74) is -0.964. The second kappa shape index (κ2) is 4.73. The second-order valence-corrected chi connectivity index (χ2v) is 5.28. The molecule has 0 bridgehead atoms. The molecule has 6 heteroatoms. The summed E-state index contributed by atoms with van der Waals surface area (Å²) in [6, 6.07) is 8.67. The van der Waals surface area contributed by atoms with Gasteiger partial charge in [0.05, 0.1) is 10.8 Å². The second-order valence-electron chi connectivity index (χ2n) is 3.83. The highest BCUT2D eigenvalue weighted by Gasteiger charge is 2.14. The maximum atomic E-state index is 12.3. The molecular weight excluding hydrogens is 252 g/mol. The first-order valence-electron chi connectivity index (χ1n) is 5.26. The highest BCUT2D eigenvalue weighted by Crippen LogP contribution is 2.11. The fourth-order valence-electron chi connectivity index (χ4n) is 1.57. The molecule has 2 rings (SSSR count). The van der Waals surface area contributed by atoms with Crippen molar-refractivity contribution in [2.75, 3.05) is 0 Å². The topological polar surface area (TPSA) is 61.1 Å². The van der Waals surface area contributed by atoms with E-state index in [0.717, 1.165) is 4.57 Å². The van der Waals surface area contributed by atoms with Gasteiger partial charge in [0.2, 0.25) is 0 Å². The molecule has 0 aliphatic rings. The van der Waals surface area contributed by atoms with Crippen LogP contribution < -0.4 is 11.2 Å². The zero-order valence-electron chi connectivity index (χ0n) is 9.99. The van der Waals surface area contributed by atoms with Gasteiger partial charge < -0.3 is 4.57 Å². The molecule has 1 atom stereocenters. The van der Waals surface area contributed by atoms with Gasteiger partial charge in [0, 0.05) is 25.2 Å². The molecular formula is C12H12N2O3S. The van der Waals surface area contributed by atoms with E-state index in [1.165, 1.54) is 24.9 Å². The van der Waals surface area contributed by atoms with Gasteiger partial charge in [-0.3, -0.25) is 9.36 Å². The zero-order chi connectivity index (χ0) is 13.3. The van der Waals surface area contributed by atoms with Crippen molar-refractivity contribution in [3.8, 4) is 0 Å². The van der Waals surface area contributed by atoms with Crippen molar-refractivity contribution in [1.82, 2.24) is 9.13 Å². The van der Waals surface area contributed by atoms with Crippen molar-refractivity contribution in [2.24, 2.45) is 14.1 Å². The van der Waals surface area contributed by atoms with Gasteiger partial charge >= 0.3 is 5.69 Å². The first-order chi connectivity index (χ1) is 8.52.